The van der Waals surface area contributed by atoms with Crippen molar-refractivity contribution < 1.29 is 27.8 Å². The van der Waals surface area contributed by atoms with E-state index >= 15 is 0 Å². The molecule has 1 N–H and O–H groups in total. The second kappa shape index (κ2) is 8.30. The molecule has 0 spiro atoms. The van der Waals surface area contributed by atoms with Gasteiger partial charge in [-0.25, -0.2) is 18.2 Å². The second-order valence-corrected chi connectivity index (χ2v) is 6.82. The van der Waals surface area contributed by atoms with Crippen LogP contribution in [-0.4, -0.2) is 18.1 Å². The predicted molar refractivity (Wildman–Crippen MR) is 97.0 cm³/mol. The minimum atomic E-state index is -1.59. The molecular weight excluding hydrogens is 393 g/mol. The van der Waals surface area contributed by atoms with Gasteiger partial charge in [0.25, 0.3) is 0 Å². The zero-order valence-electron chi connectivity index (χ0n) is 14.6. The van der Waals surface area contributed by atoms with Crippen molar-refractivity contribution in [3.8, 4) is 17.0 Å². The number of rotatable bonds is 7. The van der Waals surface area contributed by atoms with Crippen LogP contribution in [0, 0.1) is 17.5 Å². The molecule has 9 heteroatoms. The number of thiazole rings is 1. The van der Waals surface area contributed by atoms with E-state index in [1.54, 1.807) is 24.3 Å². The lowest BCUT2D eigenvalue weighted by Crippen LogP contribution is -2.22. The van der Waals surface area contributed by atoms with Crippen molar-refractivity contribution in [3.05, 3.63) is 58.7 Å². The fraction of sp³-hybridized carbons (Fsp3) is 0.158. The Balaban J connectivity index is 1.96. The van der Waals surface area contributed by atoms with Gasteiger partial charge in [-0.1, -0.05) is 0 Å². The van der Waals surface area contributed by atoms with E-state index in [0.29, 0.717) is 21.9 Å². The number of ether oxygens (including phenoxy) is 1. The maximum absolute atomic E-state index is 13.9. The van der Waals surface area contributed by atoms with E-state index in [1.165, 1.54) is 7.11 Å². The van der Waals surface area contributed by atoms with Crippen molar-refractivity contribution in [3.63, 3.8) is 0 Å². The third-order valence-corrected chi connectivity index (χ3v) is 4.92. The Kier molecular flexibility index (Phi) is 5.84. The number of nitrogens with one attached hydrogen (secondary N) is 1. The second-order valence-electron chi connectivity index (χ2n) is 5.74. The SMILES string of the molecule is COc1ccc(-c2nc(Nc3ccc(F)c(F)c3F)sc2CCC(=O)[O-])cc1. The summed E-state index contributed by atoms with van der Waals surface area (Å²) < 4.78 is 45.6. The minimum absolute atomic E-state index is 0.156. The number of hydrogen-bond donors (Lipinski definition) is 1. The Labute approximate surface area is 162 Å². The molecule has 0 radical (unpaired) electrons. The highest BCUT2D eigenvalue weighted by molar-refractivity contribution is 7.16. The Bertz CT molecular complexity index is 1010. The number of nitrogens with zero attached hydrogens (tertiary/aromatic N) is 1. The van der Waals surface area contributed by atoms with Gasteiger partial charge in [-0.3, -0.25) is 0 Å². The molecule has 2 aromatic carbocycles. The third-order valence-electron chi connectivity index (χ3n) is 3.89. The van der Waals surface area contributed by atoms with Crippen LogP contribution >= 0.6 is 11.3 Å². The number of carboxylic acid groups (broad SMARTS) is 1. The van der Waals surface area contributed by atoms with E-state index in [-0.39, 0.29) is 23.7 Å². The average molecular weight is 407 g/mol. The van der Waals surface area contributed by atoms with E-state index in [2.05, 4.69) is 10.3 Å². The van der Waals surface area contributed by atoms with Crippen molar-refractivity contribution in [1.29, 1.82) is 0 Å². The normalized spacial score (nSPS) is 10.7. The van der Waals surface area contributed by atoms with Crippen molar-refractivity contribution in [2.24, 2.45) is 0 Å². The average Bonchev–Trinajstić information content (AvgIpc) is 3.09. The standard InChI is InChI=1S/C19H15F3N2O3S/c1-27-11-4-2-10(3-5-11)18-14(8-9-15(25)26)28-19(24-18)23-13-7-6-12(20)16(21)17(13)22/h2-7H,8-9H2,1H3,(H,23,24)(H,25,26)/p-1. The summed E-state index contributed by atoms with van der Waals surface area (Å²) in [6.45, 7) is 0. The van der Waals surface area contributed by atoms with Crippen LogP contribution in [0.25, 0.3) is 11.3 Å². The van der Waals surface area contributed by atoms with Gasteiger partial charge in [0, 0.05) is 16.4 Å². The molecule has 0 unspecified atom stereocenters. The Morgan fingerprint density at radius 2 is 1.86 bits per heavy atom. The van der Waals surface area contributed by atoms with Crippen LogP contribution in [-0.2, 0) is 11.2 Å². The zero-order valence-corrected chi connectivity index (χ0v) is 15.4. The lowest BCUT2D eigenvalue weighted by atomic mass is 10.1. The number of carboxylic acids is 1. The molecule has 0 atom stereocenters. The summed E-state index contributed by atoms with van der Waals surface area (Å²) in [7, 11) is 1.53. The summed E-state index contributed by atoms with van der Waals surface area (Å²) in [6, 6.07) is 8.80. The van der Waals surface area contributed by atoms with Gasteiger partial charge in [0.2, 0.25) is 0 Å². The molecule has 5 nitrogen and oxygen atoms in total. The Morgan fingerprint density at radius 1 is 1.14 bits per heavy atom. The maximum Gasteiger partial charge on any atom is 0.196 e. The van der Waals surface area contributed by atoms with Gasteiger partial charge in [0.15, 0.2) is 22.6 Å². The molecule has 0 saturated heterocycles. The number of carbonyl (C=O) groups excluding carboxylic acids is 1. The number of carbonyl (C=O) groups is 1. The lowest BCUT2D eigenvalue weighted by molar-refractivity contribution is -0.305. The topological polar surface area (TPSA) is 74.3 Å². The molecule has 146 valence electrons. The molecule has 0 aliphatic heterocycles. The van der Waals surface area contributed by atoms with Crippen molar-refractivity contribution in [2.45, 2.75) is 12.8 Å². The number of aromatic nitrogens is 1. The number of methoxy groups -OCH3 is 1. The molecule has 3 rings (SSSR count). The van der Waals surface area contributed by atoms with Crippen LogP contribution < -0.4 is 15.2 Å². The minimum Gasteiger partial charge on any atom is -0.550 e. The van der Waals surface area contributed by atoms with Crippen LogP contribution in [0.5, 0.6) is 5.75 Å². The van der Waals surface area contributed by atoms with E-state index in [4.69, 9.17) is 4.74 Å². The smallest absolute Gasteiger partial charge is 0.196 e. The number of anilines is 2. The van der Waals surface area contributed by atoms with Crippen LogP contribution in [0.1, 0.15) is 11.3 Å². The monoisotopic (exact) mass is 407 g/mol. The molecule has 1 heterocycles. The summed E-state index contributed by atoms with van der Waals surface area (Å²) in [5, 5.41) is 13.7. The summed E-state index contributed by atoms with van der Waals surface area (Å²) in [5.74, 6) is -4.82. The molecule has 1 aromatic heterocycles. The molecule has 0 amide bonds. The Hall–Kier alpha value is -3.07. The lowest BCUT2D eigenvalue weighted by Gasteiger charge is -2.05. The molecule has 0 bridgehead atoms. The first-order valence-electron chi connectivity index (χ1n) is 8.13. The molecular formula is C19H14F3N2O3S-. The quantitative estimate of drug-likeness (QED) is 0.605. The molecule has 3 aromatic rings. The van der Waals surface area contributed by atoms with Crippen molar-refractivity contribution in [1.82, 2.24) is 4.98 Å². The number of aliphatic carboxylic acids is 1. The van der Waals surface area contributed by atoms with Crippen molar-refractivity contribution >= 4 is 28.1 Å². The third kappa shape index (κ3) is 4.25. The first-order valence-corrected chi connectivity index (χ1v) is 8.95. The van der Waals surface area contributed by atoms with Gasteiger partial charge in [0.05, 0.1) is 18.5 Å². The highest BCUT2D eigenvalue weighted by Crippen LogP contribution is 2.35. The van der Waals surface area contributed by atoms with Gasteiger partial charge in [-0.2, -0.15) is 0 Å². The first-order chi connectivity index (χ1) is 13.4. The van der Waals surface area contributed by atoms with Crippen LogP contribution in [0.2, 0.25) is 0 Å². The fourth-order valence-electron chi connectivity index (χ4n) is 2.50. The predicted octanol–water partition coefficient (Wildman–Crippen LogP) is 3.66. The summed E-state index contributed by atoms with van der Waals surface area (Å²) in [4.78, 5) is 15.8. The summed E-state index contributed by atoms with van der Waals surface area (Å²) >= 11 is 1.09. The van der Waals surface area contributed by atoms with Gasteiger partial charge >= 0.3 is 0 Å². The van der Waals surface area contributed by atoms with Gasteiger partial charge in [-0.15, -0.1) is 11.3 Å². The maximum atomic E-state index is 13.9. The number of benzene rings is 2. The molecule has 0 aliphatic rings. The molecule has 0 aliphatic carbocycles. The molecule has 0 fully saturated rings. The van der Waals surface area contributed by atoms with Gasteiger partial charge in [0.1, 0.15) is 5.75 Å². The number of hydrogen-bond acceptors (Lipinski definition) is 6. The van der Waals surface area contributed by atoms with Crippen LogP contribution in [0.3, 0.4) is 0 Å². The highest BCUT2D eigenvalue weighted by atomic mass is 32.1. The Morgan fingerprint density at radius 3 is 2.50 bits per heavy atom. The van der Waals surface area contributed by atoms with Crippen molar-refractivity contribution in [2.75, 3.05) is 12.4 Å². The number of aryl methyl sites for hydroxylation is 1. The fourth-order valence-corrected chi connectivity index (χ4v) is 3.50. The molecule has 0 saturated carbocycles. The largest absolute Gasteiger partial charge is 0.550 e. The summed E-state index contributed by atoms with van der Waals surface area (Å²) in [6.07, 6.45) is -0.0619. The number of halogens is 3. The first kappa shape index (κ1) is 19.7. The summed E-state index contributed by atoms with van der Waals surface area (Å²) in [5.41, 5.74) is 0.920. The van der Waals surface area contributed by atoms with E-state index < -0.39 is 23.4 Å². The van der Waals surface area contributed by atoms with E-state index in [1.807, 2.05) is 0 Å². The van der Waals surface area contributed by atoms with Gasteiger partial charge in [-0.05, 0) is 49.2 Å². The highest BCUT2D eigenvalue weighted by Gasteiger charge is 2.17. The van der Waals surface area contributed by atoms with E-state index in [9.17, 15) is 23.1 Å². The zero-order chi connectivity index (χ0) is 20.3. The van der Waals surface area contributed by atoms with Crippen LogP contribution in [0.15, 0.2) is 36.4 Å². The van der Waals surface area contributed by atoms with E-state index in [0.717, 1.165) is 23.5 Å². The van der Waals surface area contributed by atoms with Gasteiger partial charge < -0.3 is 20.0 Å². The molecule has 28 heavy (non-hydrogen) atoms. The van der Waals surface area contributed by atoms with Crippen LogP contribution in [0.4, 0.5) is 24.0 Å².